The summed E-state index contributed by atoms with van der Waals surface area (Å²) in [5, 5.41) is 4.36. The van der Waals surface area contributed by atoms with Gasteiger partial charge in [-0.1, -0.05) is 12.1 Å². The molecule has 0 aliphatic rings. The highest BCUT2D eigenvalue weighted by molar-refractivity contribution is 6.00. The molecule has 4 nitrogen and oxygen atoms in total. The lowest BCUT2D eigenvalue weighted by Crippen LogP contribution is -2.12. The summed E-state index contributed by atoms with van der Waals surface area (Å²) in [5.74, 6) is 0.710. The SMILES string of the molecule is Cc1nn(C)c(C)c1CC(=O)c1ccccc1OC(C)C. The first-order valence-electron chi connectivity index (χ1n) is 7.18. The van der Waals surface area contributed by atoms with Crippen LogP contribution >= 0.6 is 0 Å². The zero-order valence-corrected chi connectivity index (χ0v) is 13.3. The van der Waals surface area contributed by atoms with Gasteiger partial charge in [0, 0.05) is 24.7 Å². The number of aromatic nitrogens is 2. The van der Waals surface area contributed by atoms with Gasteiger partial charge in [-0.05, 0) is 39.8 Å². The first-order valence-corrected chi connectivity index (χ1v) is 7.18. The molecular weight excluding hydrogens is 264 g/mol. The van der Waals surface area contributed by atoms with Gasteiger partial charge in [0.1, 0.15) is 5.75 Å². The highest BCUT2D eigenvalue weighted by Crippen LogP contribution is 2.23. The van der Waals surface area contributed by atoms with Crippen molar-refractivity contribution in [3.05, 3.63) is 46.8 Å². The molecule has 2 aromatic rings. The number of ether oxygens (including phenoxy) is 1. The van der Waals surface area contributed by atoms with Crippen molar-refractivity contribution in [1.82, 2.24) is 9.78 Å². The summed E-state index contributed by atoms with van der Waals surface area (Å²) in [6, 6.07) is 7.41. The minimum atomic E-state index is 0.0424. The van der Waals surface area contributed by atoms with Gasteiger partial charge >= 0.3 is 0 Å². The second-order valence-electron chi connectivity index (χ2n) is 5.54. The van der Waals surface area contributed by atoms with E-state index >= 15 is 0 Å². The Morgan fingerprint density at radius 1 is 1.29 bits per heavy atom. The first-order chi connectivity index (χ1) is 9.90. The summed E-state index contributed by atoms with van der Waals surface area (Å²) in [4.78, 5) is 12.6. The molecule has 4 heteroatoms. The number of Topliss-reactive ketones (excluding diaryl/α,β-unsaturated/α-hetero) is 1. The van der Waals surface area contributed by atoms with Gasteiger partial charge in [-0.3, -0.25) is 9.48 Å². The monoisotopic (exact) mass is 286 g/mol. The second kappa shape index (κ2) is 6.12. The maximum absolute atomic E-state index is 12.6. The molecule has 112 valence electrons. The molecule has 0 spiro atoms. The molecule has 1 aromatic heterocycles. The van der Waals surface area contributed by atoms with Crippen LogP contribution in [0.1, 0.15) is 41.2 Å². The molecule has 0 N–H and O–H groups in total. The summed E-state index contributed by atoms with van der Waals surface area (Å²) >= 11 is 0. The second-order valence-corrected chi connectivity index (χ2v) is 5.54. The lowest BCUT2D eigenvalue weighted by Gasteiger charge is -2.13. The molecule has 0 saturated carbocycles. The summed E-state index contributed by atoms with van der Waals surface area (Å²) in [5.41, 5.74) is 3.57. The van der Waals surface area contributed by atoms with Crippen LogP contribution in [-0.4, -0.2) is 21.7 Å². The summed E-state index contributed by atoms with van der Waals surface area (Å²) in [6.45, 7) is 7.83. The highest BCUT2D eigenvalue weighted by atomic mass is 16.5. The van der Waals surface area contributed by atoms with Gasteiger partial charge in [0.2, 0.25) is 0 Å². The van der Waals surface area contributed by atoms with Gasteiger partial charge in [0.05, 0.1) is 17.4 Å². The van der Waals surface area contributed by atoms with Crippen molar-refractivity contribution < 1.29 is 9.53 Å². The number of hydrogen-bond acceptors (Lipinski definition) is 3. The molecule has 1 aromatic carbocycles. The van der Waals surface area contributed by atoms with Crippen molar-refractivity contribution in [2.45, 2.75) is 40.2 Å². The average molecular weight is 286 g/mol. The third-order valence-electron chi connectivity index (χ3n) is 3.55. The number of aryl methyl sites for hydroxylation is 2. The minimum Gasteiger partial charge on any atom is -0.490 e. The van der Waals surface area contributed by atoms with Crippen molar-refractivity contribution in [1.29, 1.82) is 0 Å². The van der Waals surface area contributed by atoms with Gasteiger partial charge in [-0.15, -0.1) is 0 Å². The number of ketones is 1. The van der Waals surface area contributed by atoms with E-state index in [2.05, 4.69) is 5.10 Å². The summed E-state index contributed by atoms with van der Waals surface area (Å²) < 4.78 is 7.54. The Morgan fingerprint density at radius 3 is 2.52 bits per heavy atom. The Morgan fingerprint density at radius 2 is 1.95 bits per heavy atom. The van der Waals surface area contributed by atoms with Crippen LogP contribution < -0.4 is 4.74 Å². The van der Waals surface area contributed by atoms with E-state index < -0.39 is 0 Å². The Kier molecular flexibility index (Phi) is 4.46. The van der Waals surface area contributed by atoms with Gasteiger partial charge < -0.3 is 4.74 Å². The molecule has 0 bridgehead atoms. The van der Waals surface area contributed by atoms with Crippen LogP contribution in [0, 0.1) is 13.8 Å². The number of para-hydroxylation sites is 1. The number of rotatable bonds is 5. The number of nitrogens with zero attached hydrogens (tertiary/aromatic N) is 2. The Hall–Kier alpha value is -2.10. The molecule has 0 saturated heterocycles. The van der Waals surface area contributed by atoms with Crippen molar-refractivity contribution in [3.63, 3.8) is 0 Å². The van der Waals surface area contributed by atoms with Crippen LogP contribution in [0.2, 0.25) is 0 Å². The van der Waals surface area contributed by atoms with Crippen molar-refractivity contribution in [2.75, 3.05) is 0 Å². The standard InChI is InChI=1S/C17H22N2O2/c1-11(2)21-17-9-7-6-8-14(17)16(20)10-15-12(3)18-19(5)13(15)4/h6-9,11H,10H2,1-5H3. The summed E-state index contributed by atoms with van der Waals surface area (Å²) in [7, 11) is 1.89. The molecule has 0 atom stereocenters. The predicted octanol–water partition coefficient (Wildman–Crippen LogP) is 3.25. The fourth-order valence-electron chi connectivity index (χ4n) is 2.38. The average Bonchev–Trinajstić information content (AvgIpc) is 2.65. The number of carbonyl (C=O) groups is 1. The van der Waals surface area contributed by atoms with Gasteiger partial charge in [-0.2, -0.15) is 5.10 Å². The predicted molar refractivity (Wildman–Crippen MR) is 82.9 cm³/mol. The van der Waals surface area contributed by atoms with E-state index in [0.29, 0.717) is 17.7 Å². The van der Waals surface area contributed by atoms with Crippen molar-refractivity contribution >= 4 is 5.78 Å². The van der Waals surface area contributed by atoms with E-state index in [4.69, 9.17) is 4.74 Å². The number of carbonyl (C=O) groups excluding carboxylic acids is 1. The van der Waals surface area contributed by atoms with Gasteiger partial charge in [0.25, 0.3) is 0 Å². The molecule has 2 rings (SSSR count). The van der Waals surface area contributed by atoms with Crippen molar-refractivity contribution in [3.8, 4) is 5.75 Å². The largest absolute Gasteiger partial charge is 0.490 e. The molecule has 0 amide bonds. The van der Waals surface area contributed by atoms with E-state index in [1.165, 1.54) is 0 Å². The van der Waals surface area contributed by atoms with Crippen molar-refractivity contribution in [2.24, 2.45) is 7.05 Å². The van der Waals surface area contributed by atoms with Crippen LogP contribution in [0.15, 0.2) is 24.3 Å². The lowest BCUT2D eigenvalue weighted by atomic mass is 10.0. The lowest BCUT2D eigenvalue weighted by molar-refractivity contribution is 0.0987. The normalized spacial score (nSPS) is 11.0. The zero-order valence-electron chi connectivity index (χ0n) is 13.3. The highest BCUT2D eigenvalue weighted by Gasteiger charge is 2.18. The third-order valence-corrected chi connectivity index (χ3v) is 3.55. The van der Waals surface area contributed by atoms with Crippen LogP contribution in [-0.2, 0) is 13.5 Å². The van der Waals surface area contributed by atoms with E-state index in [9.17, 15) is 4.79 Å². The molecule has 0 fully saturated rings. The topological polar surface area (TPSA) is 44.1 Å². The van der Waals surface area contributed by atoms with E-state index in [1.807, 2.05) is 63.7 Å². The molecule has 0 radical (unpaired) electrons. The molecule has 0 aliphatic carbocycles. The van der Waals surface area contributed by atoms with Crippen LogP contribution in [0.25, 0.3) is 0 Å². The minimum absolute atomic E-state index is 0.0424. The van der Waals surface area contributed by atoms with Crippen LogP contribution in [0.5, 0.6) is 5.75 Å². The fraction of sp³-hybridized carbons (Fsp3) is 0.412. The third kappa shape index (κ3) is 3.32. The number of hydrogen-bond donors (Lipinski definition) is 0. The van der Waals surface area contributed by atoms with E-state index in [1.54, 1.807) is 0 Å². The zero-order chi connectivity index (χ0) is 15.6. The molecule has 0 aliphatic heterocycles. The van der Waals surface area contributed by atoms with Crippen LogP contribution in [0.4, 0.5) is 0 Å². The van der Waals surface area contributed by atoms with Gasteiger partial charge in [-0.25, -0.2) is 0 Å². The maximum Gasteiger partial charge on any atom is 0.171 e. The molecule has 0 unspecified atom stereocenters. The molecule has 21 heavy (non-hydrogen) atoms. The fourth-order valence-corrected chi connectivity index (χ4v) is 2.38. The maximum atomic E-state index is 12.6. The quantitative estimate of drug-likeness (QED) is 0.792. The first kappa shape index (κ1) is 15.3. The Balaban J connectivity index is 2.29. The van der Waals surface area contributed by atoms with Gasteiger partial charge in [0.15, 0.2) is 5.78 Å². The molecule has 1 heterocycles. The van der Waals surface area contributed by atoms with Crippen LogP contribution in [0.3, 0.4) is 0 Å². The smallest absolute Gasteiger partial charge is 0.171 e. The van der Waals surface area contributed by atoms with E-state index in [0.717, 1.165) is 17.0 Å². The molecular formula is C17H22N2O2. The summed E-state index contributed by atoms with van der Waals surface area (Å²) in [6.07, 6.45) is 0.394. The van der Waals surface area contributed by atoms with E-state index in [-0.39, 0.29) is 11.9 Å². The Labute approximate surface area is 125 Å². The Bertz CT molecular complexity index is 657. The number of benzene rings is 1.